The molecule has 0 saturated carbocycles. The third-order valence-corrected chi connectivity index (χ3v) is 2.99. The third-order valence-electron chi connectivity index (χ3n) is 2.99. The zero-order valence-electron chi connectivity index (χ0n) is 11.5. The first kappa shape index (κ1) is 14.0. The predicted octanol–water partition coefficient (Wildman–Crippen LogP) is 1.18. The van der Waals surface area contributed by atoms with Gasteiger partial charge in [-0.25, -0.2) is 4.79 Å². The van der Waals surface area contributed by atoms with Gasteiger partial charge in [0, 0.05) is 25.7 Å². The number of nitrogens with one attached hydrogen (secondary N) is 1. The molecule has 0 bridgehead atoms. The van der Waals surface area contributed by atoms with Gasteiger partial charge < -0.3 is 10.1 Å². The van der Waals surface area contributed by atoms with E-state index in [4.69, 9.17) is 4.74 Å². The summed E-state index contributed by atoms with van der Waals surface area (Å²) in [4.78, 5) is 22.7. The maximum atomic E-state index is 11.7. The molecule has 0 saturated heterocycles. The molecule has 0 fully saturated rings. The van der Waals surface area contributed by atoms with Gasteiger partial charge in [-0.15, -0.1) is 0 Å². The molecule has 1 N–H and O–H groups in total. The molecule has 20 heavy (non-hydrogen) atoms. The van der Waals surface area contributed by atoms with E-state index in [-0.39, 0.29) is 12.5 Å². The van der Waals surface area contributed by atoms with Gasteiger partial charge >= 0.3 is 5.97 Å². The van der Waals surface area contributed by atoms with Crippen molar-refractivity contribution in [3.05, 3.63) is 29.8 Å². The molecule has 0 atom stereocenters. The first-order chi connectivity index (χ1) is 9.60. The van der Waals surface area contributed by atoms with E-state index in [1.807, 2.05) is 24.1 Å². The highest BCUT2D eigenvalue weighted by Gasteiger charge is 2.14. The Labute approximate surface area is 117 Å². The Hall–Kier alpha value is -2.37. The van der Waals surface area contributed by atoms with E-state index in [1.54, 1.807) is 12.1 Å². The maximum absolute atomic E-state index is 11.7. The highest BCUT2D eigenvalue weighted by Crippen LogP contribution is 2.20. The molecule has 1 aliphatic rings. The zero-order chi connectivity index (χ0) is 14.5. The monoisotopic (exact) mass is 275 g/mol. The van der Waals surface area contributed by atoms with Crippen molar-refractivity contribution in [3.8, 4) is 0 Å². The molecule has 1 aromatic rings. The van der Waals surface area contributed by atoms with E-state index in [2.05, 4.69) is 10.4 Å². The van der Waals surface area contributed by atoms with Gasteiger partial charge in [0.25, 0.3) is 5.91 Å². The second-order valence-electron chi connectivity index (χ2n) is 4.50. The van der Waals surface area contributed by atoms with Crippen LogP contribution in [-0.4, -0.2) is 37.8 Å². The lowest BCUT2D eigenvalue weighted by atomic mass is 10.2. The van der Waals surface area contributed by atoms with E-state index < -0.39 is 5.97 Å². The number of amides is 1. The second kappa shape index (κ2) is 6.18. The number of anilines is 1. The molecule has 0 aliphatic carbocycles. The Balaban J connectivity index is 1.97. The van der Waals surface area contributed by atoms with E-state index >= 15 is 0 Å². The summed E-state index contributed by atoms with van der Waals surface area (Å²) in [5.41, 5.74) is 2.45. The van der Waals surface area contributed by atoms with Crippen LogP contribution in [0.15, 0.2) is 29.4 Å². The van der Waals surface area contributed by atoms with Crippen LogP contribution >= 0.6 is 0 Å². The standard InChI is InChI=1S/C14H17N3O3/c1-10-7-8-17(16-10)12-5-3-11(4-6-12)14(19)20-9-13(18)15-2/h3-6H,7-9H2,1-2H3,(H,15,18). The Morgan fingerprint density at radius 3 is 2.60 bits per heavy atom. The van der Waals surface area contributed by atoms with Crippen LogP contribution in [0.25, 0.3) is 0 Å². The minimum atomic E-state index is -0.513. The lowest BCUT2D eigenvalue weighted by Crippen LogP contribution is -2.25. The highest BCUT2D eigenvalue weighted by molar-refractivity contribution is 5.92. The lowest BCUT2D eigenvalue weighted by Gasteiger charge is -2.13. The molecular formula is C14H17N3O3. The molecule has 1 aliphatic heterocycles. The maximum Gasteiger partial charge on any atom is 0.338 e. The van der Waals surface area contributed by atoms with Gasteiger partial charge in [0.1, 0.15) is 0 Å². The Morgan fingerprint density at radius 2 is 2.05 bits per heavy atom. The molecule has 0 unspecified atom stereocenters. The number of ether oxygens (including phenoxy) is 1. The van der Waals surface area contributed by atoms with Crippen molar-refractivity contribution in [2.45, 2.75) is 13.3 Å². The number of carbonyl (C=O) groups is 2. The normalized spacial score (nSPS) is 13.9. The summed E-state index contributed by atoms with van der Waals surface area (Å²) in [5, 5.41) is 8.67. The van der Waals surface area contributed by atoms with Crippen LogP contribution in [-0.2, 0) is 9.53 Å². The first-order valence-electron chi connectivity index (χ1n) is 6.39. The lowest BCUT2D eigenvalue weighted by molar-refractivity contribution is -0.123. The zero-order valence-corrected chi connectivity index (χ0v) is 11.5. The number of hydrogen-bond donors (Lipinski definition) is 1. The van der Waals surface area contributed by atoms with Crippen LogP contribution in [0.3, 0.4) is 0 Å². The predicted molar refractivity (Wildman–Crippen MR) is 75.9 cm³/mol. The van der Waals surface area contributed by atoms with Gasteiger partial charge in [-0.1, -0.05) is 0 Å². The van der Waals surface area contributed by atoms with Crippen LogP contribution in [0.1, 0.15) is 23.7 Å². The molecule has 2 rings (SSSR count). The third kappa shape index (κ3) is 3.34. The van der Waals surface area contributed by atoms with Crippen LogP contribution in [0.2, 0.25) is 0 Å². The van der Waals surface area contributed by atoms with Gasteiger partial charge in [0.05, 0.1) is 11.3 Å². The average molecular weight is 275 g/mol. The minimum Gasteiger partial charge on any atom is -0.452 e. The molecule has 1 heterocycles. The quantitative estimate of drug-likeness (QED) is 0.837. The SMILES string of the molecule is CNC(=O)COC(=O)c1ccc(N2CCC(C)=N2)cc1. The fraction of sp³-hybridized carbons (Fsp3) is 0.357. The van der Waals surface area contributed by atoms with Crippen LogP contribution in [0.4, 0.5) is 5.69 Å². The molecule has 0 aromatic heterocycles. The summed E-state index contributed by atoms with van der Waals surface area (Å²) in [6, 6.07) is 6.98. The van der Waals surface area contributed by atoms with Crippen molar-refractivity contribution in [1.29, 1.82) is 0 Å². The summed E-state index contributed by atoms with van der Waals surface area (Å²) >= 11 is 0. The van der Waals surface area contributed by atoms with Gasteiger partial charge in [-0.05, 0) is 31.2 Å². The Kier molecular flexibility index (Phi) is 4.34. The summed E-state index contributed by atoms with van der Waals surface area (Å²) in [7, 11) is 1.49. The summed E-state index contributed by atoms with van der Waals surface area (Å²) in [6.07, 6.45) is 0.954. The molecular weight excluding hydrogens is 258 g/mol. The molecule has 6 heteroatoms. The number of rotatable bonds is 4. The van der Waals surface area contributed by atoms with Gasteiger partial charge in [-0.3, -0.25) is 9.80 Å². The van der Waals surface area contributed by atoms with Crippen molar-refractivity contribution >= 4 is 23.3 Å². The number of hydrazone groups is 1. The van der Waals surface area contributed by atoms with Crippen LogP contribution in [0, 0.1) is 0 Å². The highest BCUT2D eigenvalue weighted by atomic mass is 16.5. The fourth-order valence-electron chi connectivity index (χ4n) is 1.82. The molecule has 1 amide bonds. The molecule has 0 radical (unpaired) electrons. The van der Waals surface area contributed by atoms with Gasteiger partial charge in [0.15, 0.2) is 6.61 Å². The van der Waals surface area contributed by atoms with Crippen molar-refractivity contribution in [3.63, 3.8) is 0 Å². The van der Waals surface area contributed by atoms with E-state index in [0.29, 0.717) is 5.56 Å². The fourth-order valence-corrected chi connectivity index (χ4v) is 1.82. The van der Waals surface area contributed by atoms with Gasteiger partial charge in [-0.2, -0.15) is 5.10 Å². The van der Waals surface area contributed by atoms with E-state index in [1.165, 1.54) is 7.05 Å². The van der Waals surface area contributed by atoms with E-state index in [0.717, 1.165) is 24.4 Å². The average Bonchev–Trinajstić information content (AvgIpc) is 2.91. The Bertz CT molecular complexity index is 537. The number of benzene rings is 1. The number of nitrogens with zero attached hydrogens (tertiary/aromatic N) is 2. The number of hydrogen-bond acceptors (Lipinski definition) is 5. The van der Waals surface area contributed by atoms with E-state index in [9.17, 15) is 9.59 Å². The van der Waals surface area contributed by atoms with Crippen molar-refractivity contribution in [2.24, 2.45) is 5.10 Å². The summed E-state index contributed by atoms with van der Waals surface area (Å²) in [6.45, 7) is 2.57. The van der Waals surface area contributed by atoms with Crippen molar-refractivity contribution in [2.75, 3.05) is 25.2 Å². The first-order valence-corrected chi connectivity index (χ1v) is 6.39. The molecule has 106 valence electrons. The molecule has 0 spiro atoms. The van der Waals surface area contributed by atoms with Crippen molar-refractivity contribution in [1.82, 2.24) is 5.32 Å². The van der Waals surface area contributed by atoms with Crippen molar-refractivity contribution < 1.29 is 14.3 Å². The summed E-state index contributed by atoms with van der Waals surface area (Å²) in [5.74, 6) is -0.849. The van der Waals surface area contributed by atoms with Gasteiger partial charge in [0.2, 0.25) is 0 Å². The Morgan fingerprint density at radius 1 is 1.35 bits per heavy atom. The van der Waals surface area contributed by atoms with Crippen LogP contribution < -0.4 is 10.3 Å². The smallest absolute Gasteiger partial charge is 0.338 e. The largest absolute Gasteiger partial charge is 0.452 e. The summed E-state index contributed by atoms with van der Waals surface area (Å²) < 4.78 is 4.87. The second-order valence-corrected chi connectivity index (χ2v) is 4.50. The molecule has 1 aromatic carbocycles. The number of esters is 1. The topological polar surface area (TPSA) is 71.0 Å². The molecule has 6 nitrogen and oxygen atoms in total. The number of likely N-dealkylation sites (N-methyl/N-ethyl adjacent to an activating group) is 1. The number of carbonyl (C=O) groups excluding carboxylic acids is 2. The van der Waals surface area contributed by atoms with Crippen LogP contribution in [0.5, 0.6) is 0 Å². The minimum absolute atomic E-state index is 0.271.